The Labute approximate surface area is 149 Å². The van der Waals surface area contributed by atoms with Gasteiger partial charge in [0.1, 0.15) is 5.76 Å². The molecule has 0 saturated carbocycles. The van der Waals surface area contributed by atoms with Crippen LogP contribution in [0.1, 0.15) is 11.1 Å². The second-order valence-corrected chi connectivity index (χ2v) is 5.32. The van der Waals surface area contributed by atoms with Crippen LogP contribution in [0, 0.1) is 0 Å². The van der Waals surface area contributed by atoms with Gasteiger partial charge in [0.2, 0.25) is 6.41 Å². The van der Waals surface area contributed by atoms with Gasteiger partial charge >= 0.3 is 6.18 Å². The lowest BCUT2D eigenvalue weighted by atomic mass is 10.1. The van der Waals surface area contributed by atoms with E-state index >= 15 is 0 Å². The van der Waals surface area contributed by atoms with E-state index in [0.717, 1.165) is 24.7 Å². The van der Waals surface area contributed by atoms with Crippen molar-refractivity contribution in [1.82, 2.24) is 0 Å². The molecular formula is C19H17F3N2O2. The lowest BCUT2D eigenvalue weighted by molar-refractivity contribution is -0.107. The minimum atomic E-state index is -4.68. The summed E-state index contributed by atoms with van der Waals surface area (Å²) < 4.78 is 42.7. The molecule has 7 heteroatoms. The van der Waals surface area contributed by atoms with Gasteiger partial charge in [-0.25, -0.2) is 0 Å². The lowest BCUT2D eigenvalue weighted by Crippen LogP contribution is -2.25. The molecule has 0 heterocycles. The Morgan fingerprint density at radius 3 is 2.27 bits per heavy atom. The number of alkyl halides is 3. The van der Waals surface area contributed by atoms with Gasteiger partial charge in [-0.05, 0) is 17.7 Å². The van der Waals surface area contributed by atoms with E-state index in [4.69, 9.17) is 4.74 Å². The molecule has 0 unspecified atom stereocenters. The molecule has 0 aromatic heterocycles. The van der Waals surface area contributed by atoms with Gasteiger partial charge in [0.15, 0.2) is 0 Å². The number of carbonyl (C=O) groups excluding carboxylic acids is 1. The number of amides is 1. The molecule has 2 rings (SSSR count). The first-order valence-corrected chi connectivity index (χ1v) is 7.62. The van der Waals surface area contributed by atoms with Gasteiger partial charge in [0.25, 0.3) is 5.90 Å². The Balaban J connectivity index is 2.08. The maximum Gasteiger partial charge on any atom is 0.468 e. The number of para-hydroxylation sites is 1. The maximum atomic E-state index is 12.7. The molecule has 0 aliphatic rings. The van der Waals surface area contributed by atoms with Crippen molar-refractivity contribution in [3.05, 3.63) is 72.3 Å². The van der Waals surface area contributed by atoms with Crippen LogP contribution in [0.3, 0.4) is 0 Å². The molecule has 0 bridgehead atoms. The van der Waals surface area contributed by atoms with Crippen LogP contribution < -0.4 is 4.90 Å². The van der Waals surface area contributed by atoms with Gasteiger partial charge in [-0.3, -0.25) is 9.79 Å². The zero-order chi connectivity index (χ0) is 19.2. The number of aliphatic imine (C=N–C) groups is 1. The molecule has 4 nitrogen and oxygen atoms in total. The number of hydrogen-bond acceptors (Lipinski definition) is 3. The molecule has 0 spiro atoms. The monoisotopic (exact) mass is 362 g/mol. The summed E-state index contributed by atoms with van der Waals surface area (Å²) in [6.07, 6.45) is -3.96. The summed E-state index contributed by atoms with van der Waals surface area (Å²) in [5.74, 6) is -1.52. The summed E-state index contributed by atoms with van der Waals surface area (Å²) in [6, 6.07) is 15.7. The summed E-state index contributed by atoms with van der Waals surface area (Å²) in [7, 11) is 0.997. The highest BCUT2D eigenvalue weighted by Crippen LogP contribution is 2.24. The fourth-order valence-electron chi connectivity index (χ4n) is 2.21. The van der Waals surface area contributed by atoms with E-state index in [1.165, 1.54) is 4.90 Å². The third-order valence-electron chi connectivity index (χ3n) is 3.51. The first-order valence-electron chi connectivity index (χ1n) is 7.62. The Morgan fingerprint density at radius 2 is 1.77 bits per heavy atom. The molecule has 0 aliphatic heterocycles. The van der Waals surface area contributed by atoms with Crippen LogP contribution in [0.25, 0.3) is 5.76 Å². The van der Waals surface area contributed by atoms with E-state index in [1.54, 1.807) is 36.4 Å². The van der Waals surface area contributed by atoms with Crippen LogP contribution in [-0.4, -0.2) is 25.5 Å². The summed E-state index contributed by atoms with van der Waals surface area (Å²) in [4.78, 5) is 15.9. The summed E-state index contributed by atoms with van der Waals surface area (Å²) in [6.45, 7) is 3.84. The predicted molar refractivity (Wildman–Crippen MR) is 94.7 cm³/mol. The molecule has 26 heavy (non-hydrogen) atoms. The molecule has 0 fully saturated rings. The third-order valence-corrected chi connectivity index (χ3v) is 3.51. The van der Waals surface area contributed by atoms with Crippen LogP contribution in [0.15, 0.2) is 66.2 Å². The average molecular weight is 362 g/mol. The Bertz CT molecular complexity index is 785. The number of ether oxygens (including phenoxy) is 1. The zero-order valence-corrected chi connectivity index (χ0v) is 14.0. The number of anilines is 1. The third kappa shape index (κ3) is 4.95. The largest absolute Gasteiger partial charge is 0.468 e. The second-order valence-electron chi connectivity index (χ2n) is 5.32. The molecular weight excluding hydrogens is 345 g/mol. The lowest BCUT2D eigenvalue weighted by Gasteiger charge is -2.18. The number of halogens is 3. The second kappa shape index (κ2) is 8.33. The number of benzene rings is 2. The van der Waals surface area contributed by atoms with Gasteiger partial charge < -0.3 is 9.64 Å². The highest BCUT2D eigenvalue weighted by Gasteiger charge is 2.38. The van der Waals surface area contributed by atoms with Crippen molar-refractivity contribution in [3.63, 3.8) is 0 Å². The number of carbonyl (C=O) groups is 1. The molecule has 0 N–H and O–H groups in total. The molecule has 0 aliphatic carbocycles. The van der Waals surface area contributed by atoms with Crippen molar-refractivity contribution in [2.24, 2.45) is 4.99 Å². The summed E-state index contributed by atoms with van der Waals surface area (Å²) in [5.41, 5.74) is 1.93. The van der Waals surface area contributed by atoms with Crippen molar-refractivity contribution in [2.75, 3.05) is 11.9 Å². The molecule has 2 aromatic carbocycles. The number of rotatable bonds is 6. The van der Waals surface area contributed by atoms with Gasteiger partial charge in [0, 0.05) is 18.3 Å². The quantitative estimate of drug-likeness (QED) is 0.330. The van der Waals surface area contributed by atoms with Crippen LogP contribution >= 0.6 is 0 Å². The first-order chi connectivity index (χ1) is 12.3. The van der Waals surface area contributed by atoms with Crippen LogP contribution in [-0.2, 0) is 16.1 Å². The Kier molecular flexibility index (Phi) is 6.16. The standard InChI is InChI=1S/C19H17F3N2O2/c1-14(26-18(23-2)19(20,21)22)16-10-8-15(9-11-16)12-24(13-25)17-6-4-3-5-7-17/h3-11,13H,1,12H2,2H3. The van der Waals surface area contributed by atoms with Gasteiger partial charge in [0.05, 0.1) is 6.54 Å². The highest BCUT2D eigenvalue weighted by atomic mass is 19.4. The van der Waals surface area contributed by atoms with E-state index < -0.39 is 12.1 Å². The summed E-state index contributed by atoms with van der Waals surface area (Å²) in [5, 5.41) is 0. The zero-order valence-electron chi connectivity index (χ0n) is 14.0. The minimum absolute atomic E-state index is 0.162. The Hall–Kier alpha value is -3.09. The topological polar surface area (TPSA) is 41.9 Å². The normalized spacial score (nSPS) is 11.8. The minimum Gasteiger partial charge on any atom is -0.435 e. The smallest absolute Gasteiger partial charge is 0.435 e. The van der Waals surface area contributed by atoms with Crippen molar-refractivity contribution >= 4 is 23.8 Å². The van der Waals surface area contributed by atoms with Crippen molar-refractivity contribution in [1.29, 1.82) is 0 Å². The molecule has 2 aromatic rings. The van der Waals surface area contributed by atoms with Gasteiger partial charge in [-0.2, -0.15) is 13.2 Å². The molecule has 0 atom stereocenters. The average Bonchev–Trinajstić information content (AvgIpc) is 2.64. The molecule has 136 valence electrons. The van der Waals surface area contributed by atoms with Crippen molar-refractivity contribution in [3.8, 4) is 0 Å². The number of hydrogen-bond donors (Lipinski definition) is 0. The van der Waals surface area contributed by atoms with Crippen LogP contribution in [0.2, 0.25) is 0 Å². The van der Waals surface area contributed by atoms with Crippen molar-refractivity contribution < 1.29 is 22.7 Å². The molecule has 0 radical (unpaired) electrons. The van der Waals surface area contributed by atoms with Gasteiger partial charge in [-0.15, -0.1) is 0 Å². The van der Waals surface area contributed by atoms with Gasteiger partial charge in [-0.1, -0.05) is 49.0 Å². The van der Waals surface area contributed by atoms with E-state index in [1.807, 2.05) is 18.2 Å². The predicted octanol–water partition coefficient (Wildman–Crippen LogP) is 4.43. The van der Waals surface area contributed by atoms with Crippen molar-refractivity contribution in [2.45, 2.75) is 12.7 Å². The van der Waals surface area contributed by atoms with Crippen LogP contribution in [0.4, 0.5) is 18.9 Å². The summed E-state index contributed by atoms with van der Waals surface area (Å²) >= 11 is 0. The fraction of sp³-hybridized carbons (Fsp3) is 0.158. The van der Waals surface area contributed by atoms with E-state index in [2.05, 4.69) is 11.6 Å². The maximum absolute atomic E-state index is 12.7. The van der Waals surface area contributed by atoms with E-state index in [9.17, 15) is 18.0 Å². The SMILES string of the molecule is C=C(OC(=NC)C(F)(F)F)c1ccc(CN(C=O)c2ccccc2)cc1. The number of nitrogens with zero attached hydrogens (tertiary/aromatic N) is 2. The first kappa shape index (κ1) is 19.2. The molecule has 1 amide bonds. The Morgan fingerprint density at radius 1 is 1.15 bits per heavy atom. The van der Waals surface area contributed by atoms with E-state index in [-0.39, 0.29) is 5.76 Å². The van der Waals surface area contributed by atoms with Crippen LogP contribution in [0.5, 0.6) is 0 Å². The molecule has 0 saturated heterocycles. The fourth-order valence-corrected chi connectivity index (χ4v) is 2.21. The highest BCUT2D eigenvalue weighted by molar-refractivity contribution is 5.86. The van der Waals surface area contributed by atoms with E-state index in [0.29, 0.717) is 12.1 Å².